The van der Waals surface area contributed by atoms with Crippen molar-refractivity contribution in [1.82, 2.24) is 15.2 Å². The van der Waals surface area contributed by atoms with Gasteiger partial charge in [0.05, 0.1) is 5.56 Å². The van der Waals surface area contributed by atoms with Gasteiger partial charge in [0, 0.05) is 12.8 Å². The van der Waals surface area contributed by atoms with Crippen LogP contribution in [0.2, 0.25) is 0 Å². The Morgan fingerprint density at radius 2 is 2.14 bits per heavy atom. The van der Waals surface area contributed by atoms with Gasteiger partial charge in [-0.05, 0) is 24.3 Å². The smallest absolute Gasteiger partial charge is 0.227 e. The summed E-state index contributed by atoms with van der Waals surface area (Å²) in [5.74, 6) is 0.818. The van der Waals surface area contributed by atoms with E-state index in [0.29, 0.717) is 29.5 Å². The quantitative estimate of drug-likeness (QED) is 0.759. The number of anilines is 1. The zero-order valence-corrected chi connectivity index (χ0v) is 11.5. The first kappa shape index (κ1) is 14.0. The summed E-state index contributed by atoms with van der Waals surface area (Å²) in [5, 5.41) is 8.74. The molecule has 0 saturated carbocycles. The maximum Gasteiger partial charge on any atom is 0.227 e. The standard InChI is InChI=1S/C15H13FN4O2/c16-12-4-2-1-3-11(12)13-7-5-10(22-13)6-8-14(21)19-15-17-9-18-20-15/h1-5,7,9H,6,8H2,(H2,17,18,19,20,21). The normalized spacial score (nSPS) is 10.6. The summed E-state index contributed by atoms with van der Waals surface area (Å²) in [7, 11) is 0. The molecule has 0 saturated heterocycles. The number of benzene rings is 1. The number of rotatable bonds is 5. The number of nitrogens with zero attached hydrogens (tertiary/aromatic N) is 2. The predicted octanol–water partition coefficient (Wildman–Crippen LogP) is 2.78. The lowest BCUT2D eigenvalue weighted by molar-refractivity contribution is -0.116. The molecule has 112 valence electrons. The molecule has 0 bridgehead atoms. The Labute approximate surface area is 125 Å². The van der Waals surface area contributed by atoms with E-state index in [0.717, 1.165) is 0 Å². The van der Waals surface area contributed by atoms with E-state index in [2.05, 4.69) is 20.5 Å². The van der Waals surface area contributed by atoms with Gasteiger partial charge in [0.25, 0.3) is 0 Å². The van der Waals surface area contributed by atoms with Crippen LogP contribution in [-0.4, -0.2) is 21.1 Å². The van der Waals surface area contributed by atoms with Gasteiger partial charge < -0.3 is 4.42 Å². The predicted molar refractivity (Wildman–Crippen MR) is 77.4 cm³/mol. The molecule has 22 heavy (non-hydrogen) atoms. The van der Waals surface area contributed by atoms with Gasteiger partial charge in [-0.25, -0.2) is 9.49 Å². The number of carbonyl (C=O) groups excluding carboxylic acids is 1. The minimum absolute atomic E-state index is 0.208. The highest BCUT2D eigenvalue weighted by molar-refractivity contribution is 5.88. The van der Waals surface area contributed by atoms with E-state index >= 15 is 0 Å². The molecule has 0 aliphatic rings. The fourth-order valence-electron chi connectivity index (χ4n) is 2.02. The number of nitrogens with one attached hydrogen (secondary N) is 2. The Morgan fingerprint density at radius 1 is 1.27 bits per heavy atom. The van der Waals surface area contributed by atoms with Gasteiger partial charge in [0.1, 0.15) is 23.7 Å². The highest BCUT2D eigenvalue weighted by atomic mass is 19.1. The number of hydrogen-bond donors (Lipinski definition) is 2. The van der Waals surface area contributed by atoms with E-state index in [9.17, 15) is 9.18 Å². The third-order valence-corrected chi connectivity index (χ3v) is 3.07. The highest BCUT2D eigenvalue weighted by Crippen LogP contribution is 2.25. The van der Waals surface area contributed by atoms with E-state index < -0.39 is 0 Å². The van der Waals surface area contributed by atoms with Crippen molar-refractivity contribution >= 4 is 11.9 Å². The van der Waals surface area contributed by atoms with Crippen molar-refractivity contribution in [3.63, 3.8) is 0 Å². The number of carbonyl (C=O) groups is 1. The molecule has 2 heterocycles. The minimum Gasteiger partial charge on any atom is -0.461 e. The molecule has 0 radical (unpaired) electrons. The number of aromatic amines is 1. The van der Waals surface area contributed by atoms with Crippen LogP contribution in [-0.2, 0) is 11.2 Å². The molecule has 1 amide bonds. The van der Waals surface area contributed by atoms with E-state index in [-0.39, 0.29) is 18.1 Å². The molecule has 3 rings (SSSR count). The molecule has 3 aromatic rings. The number of aryl methyl sites for hydroxylation is 1. The number of halogens is 1. The second-order valence-electron chi connectivity index (χ2n) is 4.63. The van der Waals surface area contributed by atoms with Crippen LogP contribution >= 0.6 is 0 Å². The number of H-pyrrole nitrogens is 1. The lowest BCUT2D eigenvalue weighted by atomic mass is 10.1. The molecule has 0 fully saturated rings. The Bertz CT molecular complexity index is 767. The number of amides is 1. The lowest BCUT2D eigenvalue weighted by Gasteiger charge is -2.01. The van der Waals surface area contributed by atoms with Crippen LogP contribution in [0.3, 0.4) is 0 Å². The second kappa shape index (κ2) is 6.21. The molecule has 7 heteroatoms. The van der Waals surface area contributed by atoms with E-state index in [1.807, 2.05) is 0 Å². The average molecular weight is 300 g/mol. The Balaban J connectivity index is 1.60. The van der Waals surface area contributed by atoms with Crippen LogP contribution in [0.25, 0.3) is 11.3 Å². The van der Waals surface area contributed by atoms with Gasteiger partial charge in [0.2, 0.25) is 11.9 Å². The van der Waals surface area contributed by atoms with Gasteiger partial charge in [0.15, 0.2) is 0 Å². The lowest BCUT2D eigenvalue weighted by Crippen LogP contribution is -2.13. The SMILES string of the molecule is O=C(CCc1ccc(-c2ccccc2F)o1)Nc1ncn[nH]1. The third kappa shape index (κ3) is 3.20. The summed E-state index contributed by atoms with van der Waals surface area (Å²) in [5.41, 5.74) is 0.403. The zero-order chi connectivity index (χ0) is 15.4. The van der Waals surface area contributed by atoms with Crippen LogP contribution in [0.1, 0.15) is 12.2 Å². The first-order chi connectivity index (χ1) is 10.7. The molecular formula is C15H13FN4O2. The maximum atomic E-state index is 13.7. The van der Waals surface area contributed by atoms with E-state index in [1.54, 1.807) is 30.3 Å². The summed E-state index contributed by atoms with van der Waals surface area (Å²) in [6.45, 7) is 0. The molecule has 2 aromatic heterocycles. The summed E-state index contributed by atoms with van der Waals surface area (Å²) in [4.78, 5) is 15.5. The van der Waals surface area contributed by atoms with Crippen LogP contribution < -0.4 is 5.32 Å². The number of furan rings is 1. The van der Waals surface area contributed by atoms with Crippen molar-refractivity contribution in [2.45, 2.75) is 12.8 Å². The Morgan fingerprint density at radius 3 is 2.91 bits per heavy atom. The maximum absolute atomic E-state index is 13.7. The van der Waals surface area contributed by atoms with Crippen LogP contribution in [0.5, 0.6) is 0 Å². The number of hydrogen-bond acceptors (Lipinski definition) is 4. The van der Waals surface area contributed by atoms with Crippen LogP contribution in [0, 0.1) is 5.82 Å². The molecule has 2 N–H and O–H groups in total. The minimum atomic E-state index is -0.341. The monoisotopic (exact) mass is 300 g/mol. The van der Waals surface area contributed by atoms with Crippen molar-refractivity contribution in [3.8, 4) is 11.3 Å². The molecule has 1 aromatic carbocycles. The zero-order valence-electron chi connectivity index (χ0n) is 11.5. The summed E-state index contributed by atoms with van der Waals surface area (Å²) >= 11 is 0. The van der Waals surface area contributed by atoms with Crippen molar-refractivity contribution in [2.24, 2.45) is 0 Å². The molecule has 0 aliphatic carbocycles. The summed E-state index contributed by atoms with van der Waals surface area (Å²) in [6, 6.07) is 9.82. The first-order valence-electron chi connectivity index (χ1n) is 6.71. The topological polar surface area (TPSA) is 83.8 Å². The van der Waals surface area contributed by atoms with Crippen LogP contribution in [0.15, 0.2) is 47.1 Å². The largest absolute Gasteiger partial charge is 0.461 e. The van der Waals surface area contributed by atoms with Gasteiger partial charge in [-0.3, -0.25) is 10.1 Å². The van der Waals surface area contributed by atoms with Gasteiger partial charge in [-0.15, -0.1) is 0 Å². The highest BCUT2D eigenvalue weighted by Gasteiger charge is 2.11. The van der Waals surface area contributed by atoms with E-state index in [4.69, 9.17) is 4.42 Å². The summed E-state index contributed by atoms with van der Waals surface area (Å²) in [6.07, 6.45) is 1.95. The fraction of sp³-hybridized carbons (Fsp3) is 0.133. The van der Waals surface area contributed by atoms with Gasteiger partial charge in [-0.2, -0.15) is 10.1 Å². The molecule has 0 unspecified atom stereocenters. The third-order valence-electron chi connectivity index (χ3n) is 3.07. The van der Waals surface area contributed by atoms with Crippen molar-refractivity contribution in [1.29, 1.82) is 0 Å². The molecule has 6 nitrogen and oxygen atoms in total. The van der Waals surface area contributed by atoms with Crippen molar-refractivity contribution in [3.05, 3.63) is 54.3 Å². The molecule has 0 spiro atoms. The van der Waals surface area contributed by atoms with Crippen molar-refractivity contribution < 1.29 is 13.6 Å². The van der Waals surface area contributed by atoms with Crippen LogP contribution in [0.4, 0.5) is 10.3 Å². The molecule has 0 atom stereocenters. The van der Waals surface area contributed by atoms with Gasteiger partial charge in [-0.1, -0.05) is 12.1 Å². The second-order valence-corrected chi connectivity index (χ2v) is 4.63. The molecular weight excluding hydrogens is 287 g/mol. The van der Waals surface area contributed by atoms with Gasteiger partial charge >= 0.3 is 0 Å². The number of aromatic nitrogens is 3. The molecule has 0 aliphatic heterocycles. The fourth-order valence-corrected chi connectivity index (χ4v) is 2.02. The first-order valence-corrected chi connectivity index (χ1v) is 6.71. The van der Waals surface area contributed by atoms with Crippen molar-refractivity contribution in [2.75, 3.05) is 5.32 Å². The van der Waals surface area contributed by atoms with E-state index in [1.165, 1.54) is 12.4 Å². The Hall–Kier alpha value is -2.96. The summed E-state index contributed by atoms with van der Waals surface area (Å²) < 4.78 is 19.3. The Kier molecular flexibility index (Phi) is 3.95. The average Bonchev–Trinajstić information content (AvgIpc) is 3.17.